The smallest absolute Gasteiger partial charge is 0.394 e. The van der Waals surface area contributed by atoms with Crippen molar-refractivity contribution in [3.8, 4) is 0 Å². The molecule has 0 aromatic carbocycles. The zero-order valence-corrected chi connectivity index (χ0v) is 10.9. The van der Waals surface area contributed by atoms with Crippen LogP contribution in [-0.2, 0) is 10.9 Å². The highest BCUT2D eigenvalue weighted by Gasteiger charge is 2.31. The van der Waals surface area contributed by atoms with E-state index in [-0.39, 0.29) is 6.61 Å². The van der Waals surface area contributed by atoms with Crippen molar-refractivity contribution in [3.05, 3.63) is 34.2 Å². The third-order valence-electron chi connectivity index (χ3n) is 2.77. The Morgan fingerprint density at radius 3 is 2.43 bits per heavy atom. The van der Waals surface area contributed by atoms with Crippen LogP contribution in [0.1, 0.15) is 12.1 Å². The second kappa shape index (κ2) is 7.55. The number of nitrogens with one attached hydrogen (secondary N) is 1. The van der Waals surface area contributed by atoms with Gasteiger partial charge in [-0.25, -0.2) is 0 Å². The highest BCUT2D eigenvalue weighted by Crippen LogP contribution is 2.25. The molecule has 0 saturated carbocycles. The molecule has 1 aliphatic heterocycles. The van der Waals surface area contributed by atoms with Crippen LogP contribution in [0.15, 0.2) is 23.0 Å². The van der Waals surface area contributed by atoms with Gasteiger partial charge in [0.25, 0.3) is 0 Å². The van der Waals surface area contributed by atoms with Crippen LogP contribution >= 0.6 is 0 Å². The molecule has 0 aliphatic carbocycles. The van der Waals surface area contributed by atoms with Gasteiger partial charge in [0.15, 0.2) is 0 Å². The Morgan fingerprint density at radius 1 is 1.33 bits per heavy atom. The summed E-state index contributed by atoms with van der Waals surface area (Å²) in [5.41, 5.74) is -1.77. The van der Waals surface area contributed by atoms with Crippen LogP contribution in [0.2, 0.25) is 0 Å². The second-order valence-corrected chi connectivity index (χ2v) is 4.36. The fourth-order valence-corrected chi connectivity index (χ4v) is 1.63. The summed E-state index contributed by atoms with van der Waals surface area (Å²) in [4.78, 5) is 12.0. The molecule has 6 nitrogen and oxygen atoms in total. The molecular weight excluding hydrogens is 295 g/mol. The lowest BCUT2D eigenvalue weighted by molar-refractivity contribution is -0.147. The van der Waals surface area contributed by atoms with Crippen molar-refractivity contribution in [2.24, 2.45) is 0 Å². The first-order valence-electron chi connectivity index (χ1n) is 6.11. The monoisotopic (exact) mass is 311 g/mol. The number of aliphatic hydroxyl groups excluding tert-OH is 3. The number of aromatic amines is 1. The lowest BCUT2D eigenvalue weighted by atomic mass is 10.0. The number of pyridine rings is 1. The number of rotatable bonds is 1. The Kier molecular flexibility index (Phi) is 6.34. The van der Waals surface area contributed by atoms with E-state index in [0.717, 1.165) is 18.2 Å². The number of aliphatic hydroxyl groups is 3. The van der Waals surface area contributed by atoms with Gasteiger partial charge in [0.1, 0.15) is 17.9 Å². The van der Waals surface area contributed by atoms with Gasteiger partial charge in [-0.05, 0) is 12.5 Å². The zero-order valence-electron chi connectivity index (χ0n) is 10.9. The fraction of sp³-hybridized carbons (Fsp3) is 0.583. The first-order chi connectivity index (χ1) is 9.75. The van der Waals surface area contributed by atoms with Crippen LogP contribution in [0.5, 0.6) is 0 Å². The van der Waals surface area contributed by atoms with E-state index in [4.69, 9.17) is 20.1 Å². The topological polar surface area (TPSA) is 103 Å². The normalized spacial score (nSPS) is 25.9. The molecule has 9 heteroatoms. The van der Waals surface area contributed by atoms with Crippen molar-refractivity contribution in [2.75, 3.05) is 13.2 Å². The van der Waals surface area contributed by atoms with Crippen molar-refractivity contribution in [3.63, 3.8) is 0 Å². The maximum absolute atomic E-state index is 11.8. The highest BCUT2D eigenvalue weighted by molar-refractivity contribution is 5.06. The molecule has 0 amide bonds. The van der Waals surface area contributed by atoms with Gasteiger partial charge in [0, 0.05) is 12.7 Å². The molecule has 3 unspecified atom stereocenters. The summed E-state index contributed by atoms with van der Waals surface area (Å²) in [5, 5.41) is 26.7. The Hall–Kier alpha value is -1.42. The van der Waals surface area contributed by atoms with Gasteiger partial charge in [-0.1, -0.05) is 6.07 Å². The molecule has 4 N–H and O–H groups in total. The van der Waals surface area contributed by atoms with E-state index >= 15 is 0 Å². The van der Waals surface area contributed by atoms with Crippen LogP contribution in [0, 0.1) is 0 Å². The second-order valence-electron chi connectivity index (χ2n) is 4.36. The molecular formula is C12H16F3NO5. The summed E-state index contributed by atoms with van der Waals surface area (Å²) in [6, 6.07) is 2.89. The van der Waals surface area contributed by atoms with Crippen molar-refractivity contribution >= 4 is 0 Å². The quantitative estimate of drug-likeness (QED) is 0.579. The minimum absolute atomic E-state index is 0.238. The van der Waals surface area contributed by atoms with Gasteiger partial charge < -0.3 is 25.0 Å². The molecule has 1 fully saturated rings. The number of halogens is 3. The average Bonchev–Trinajstić information content (AvgIpc) is 2.42. The number of hydrogen-bond donors (Lipinski definition) is 4. The molecule has 2 heterocycles. The predicted molar refractivity (Wildman–Crippen MR) is 65.5 cm³/mol. The first kappa shape index (κ1) is 17.6. The van der Waals surface area contributed by atoms with E-state index in [9.17, 15) is 18.0 Å². The van der Waals surface area contributed by atoms with Gasteiger partial charge >= 0.3 is 6.18 Å². The van der Waals surface area contributed by atoms with Crippen LogP contribution in [0.3, 0.4) is 0 Å². The largest absolute Gasteiger partial charge is 0.431 e. The Labute approximate surface area is 117 Å². The maximum atomic E-state index is 11.8. The SMILES string of the molecule is O=c1cccc(C(F)(F)F)[nH]1.OCC1OCCC(O)C1O. The standard InChI is InChI=1S/C6H4F3NO.C6H12O4/c7-6(8,9)4-2-1-3-5(11)10-4;7-3-5-6(9)4(8)1-2-10-5/h1-3H,(H,10,11);4-9H,1-3H2. The van der Waals surface area contributed by atoms with Crippen LogP contribution in [-0.4, -0.2) is 51.8 Å². The zero-order chi connectivity index (χ0) is 16.0. The first-order valence-corrected chi connectivity index (χ1v) is 6.11. The summed E-state index contributed by atoms with van der Waals surface area (Å²) >= 11 is 0. The highest BCUT2D eigenvalue weighted by atomic mass is 19.4. The number of hydrogen-bond acceptors (Lipinski definition) is 5. The van der Waals surface area contributed by atoms with Crippen LogP contribution < -0.4 is 5.56 Å². The molecule has 1 aromatic rings. The summed E-state index contributed by atoms with van der Waals surface area (Å²) in [6.45, 7) is 0.168. The molecule has 1 aromatic heterocycles. The van der Waals surface area contributed by atoms with Crippen LogP contribution in [0.4, 0.5) is 13.2 Å². The summed E-state index contributed by atoms with van der Waals surface area (Å²) in [6.07, 6.45) is -6.31. The van der Waals surface area contributed by atoms with E-state index in [1.54, 1.807) is 4.98 Å². The molecule has 2 rings (SSSR count). The van der Waals surface area contributed by atoms with Gasteiger partial charge in [-0.3, -0.25) is 4.79 Å². The van der Waals surface area contributed by atoms with E-state index in [1.807, 2.05) is 0 Å². The molecule has 0 spiro atoms. The molecule has 3 atom stereocenters. The summed E-state index contributed by atoms with van der Waals surface area (Å²) in [7, 11) is 0. The van der Waals surface area contributed by atoms with Crippen molar-refractivity contribution in [2.45, 2.75) is 30.9 Å². The van der Waals surface area contributed by atoms with Gasteiger partial charge in [0.05, 0.1) is 12.7 Å². The van der Waals surface area contributed by atoms with E-state index < -0.39 is 35.7 Å². The predicted octanol–water partition coefficient (Wildman–Crippen LogP) is -0.117. The minimum atomic E-state index is -4.47. The summed E-state index contributed by atoms with van der Waals surface area (Å²) < 4.78 is 40.3. The van der Waals surface area contributed by atoms with E-state index in [1.165, 1.54) is 0 Å². The number of aromatic nitrogens is 1. The Bertz CT molecular complexity index is 490. The maximum Gasteiger partial charge on any atom is 0.431 e. The van der Waals surface area contributed by atoms with E-state index in [2.05, 4.69) is 0 Å². The lowest BCUT2D eigenvalue weighted by Gasteiger charge is -2.30. The number of alkyl halides is 3. The lowest BCUT2D eigenvalue weighted by Crippen LogP contribution is -2.46. The average molecular weight is 311 g/mol. The third-order valence-corrected chi connectivity index (χ3v) is 2.77. The molecule has 1 saturated heterocycles. The molecule has 1 aliphatic rings. The van der Waals surface area contributed by atoms with Gasteiger partial charge in [-0.2, -0.15) is 13.2 Å². The number of ether oxygens (including phenoxy) is 1. The van der Waals surface area contributed by atoms with Crippen LogP contribution in [0.25, 0.3) is 0 Å². The molecule has 21 heavy (non-hydrogen) atoms. The van der Waals surface area contributed by atoms with Crippen molar-refractivity contribution in [1.82, 2.24) is 4.98 Å². The molecule has 120 valence electrons. The minimum Gasteiger partial charge on any atom is -0.394 e. The van der Waals surface area contributed by atoms with Crippen molar-refractivity contribution in [1.29, 1.82) is 0 Å². The van der Waals surface area contributed by atoms with Gasteiger partial charge in [-0.15, -0.1) is 0 Å². The van der Waals surface area contributed by atoms with Crippen molar-refractivity contribution < 1.29 is 33.2 Å². The summed E-state index contributed by atoms with van der Waals surface area (Å²) in [5.74, 6) is 0. The molecule has 0 bridgehead atoms. The Balaban J connectivity index is 0.000000211. The Morgan fingerprint density at radius 2 is 2.00 bits per heavy atom. The van der Waals surface area contributed by atoms with E-state index in [0.29, 0.717) is 13.0 Å². The molecule has 0 radical (unpaired) electrons. The van der Waals surface area contributed by atoms with Gasteiger partial charge in [0.2, 0.25) is 5.56 Å². The fourth-order valence-electron chi connectivity index (χ4n) is 1.63. The number of H-pyrrole nitrogens is 1. The third kappa shape index (κ3) is 5.46.